The Kier molecular flexibility index (Phi) is 8.64. The first-order chi connectivity index (χ1) is 19.0. The third kappa shape index (κ3) is 7.07. The molecule has 0 aromatic carbocycles. The Balaban J connectivity index is 1.10. The maximum absolute atomic E-state index is 12.4. The van der Waals surface area contributed by atoms with Crippen molar-refractivity contribution in [3.8, 4) is 5.75 Å². The van der Waals surface area contributed by atoms with Crippen LogP contribution in [0.25, 0.3) is 0 Å². The van der Waals surface area contributed by atoms with Gasteiger partial charge in [0.1, 0.15) is 15.8 Å². The number of aliphatic imine (C=N–C) groups is 1. The van der Waals surface area contributed by atoms with E-state index in [1.807, 2.05) is 12.2 Å². The van der Waals surface area contributed by atoms with Crippen LogP contribution in [0, 0.1) is 0 Å². The number of nitrogens with zero attached hydrogens (tertiary/aromatic N) is 6. The topological polar surface area (TPSA) is 153 Å². The van der Waals surface area contributed by atoms with Crippen molar-refractivity contribution in [2.24, 2.45) is 4.99 Å². The Labute approximate surface area is 233 Å². The first-order valence-corrected chi connectivity index (χ1v) is 14.1. The van der Waals surface area contributed by atoms with E-state index in [9.17, 15) is 9.59 Å². The molecule has 3 aromatic rings. The minimum Gasteiger partial charge on any atom is -0.495 e. The molecule has 0 radical (unpaired) electrons. The highest BCUT2D eigenvalue weighted by atomic mass is 32.1. The van der Waals surface area contributed by atoms with Crippen molar-refractivity contribution >= 4 is 50.5 Å². The minimum absolute atomic E-state index is 0.0362. The highest BCUT2D eigenvalue weighted by Crippen LogP contribution is 2.45. The fraction of sp³-hybridized carbons (Fsp3) is 0.440. The lowest BCUT2D eigenvalue weighted by Crippen LogP contribution is -2.21. The predicted molar refractivity (Wildman–Crippen MR) is 148 cm³/mol. The Hall–Kier alpha value is -3.62. The number of nitrogens with one attached hydrogen (secondary N) is 2. The standard InChI is InChI=1S/C25H28N8O4S2/c1-36-18-7-5-16(26-12-18)10-20(34)28-24-32-30-22(38-24)14-3-4-15(9-14)23-31-33-25(39-23)29-21(35)11-17-6-8-19(37-2)13-27-17/h5-8,12,14-15,19H,3-4,9-11,13H2,1-2H3,(H,28,32,34)(H,29,33,35). The summed E-state index contributed by atoms with van der Waals surface area (Å²) in [6.07, 6.45) is 8.35. The molecular formula is C25H28N8O4S2. The molecule has 2 N–H and O–H groups in total. The number of amides is 2. The number of aromatic nitrogens is 5. The molecule has 1 aliphatic heterocycles. The highest BCUT2D eigenvalue weighted by molar-refractivity contribution is 7.15. The fourth-order valence-electron chi connectivity index (χ4n) is 4.43. The lowest BCUT2D eigenvalue weighted by Gasteiger charge is -2.13. The van der Waals surface area contributed by atoms with Gasteiger partial charge < -0.3 is 20.1 Å². The van der Waals surface area contributed by atoms with Gasteiger partial charge in [-0.05, 0) is 37.5 Å². The molecule has 2 amide bonds. The van der Waals surface area contributed by atoms with Crippen molar-refractivity contribution in [2.45, 2.75) is 50.0 Å². The number of dihydropyridines is 1. The van der Waals surface area contributed by atoms with Crippen LogP contribution in [0.15, 0.2) is 35.5 Å². The summed E-state index contributed by atoms with van der Waals surface area (Å²) in [6.45, 7) is 0.519. The van der Waals surface area contributed by atoms with Crippen LogP contribution >= 0.6 is 22.7 Å². The zero-order valence-electron chi connectivity index (χ0n) is 21.5. The van der Waals surface area contributed by atoms with Crippen LogP contribution in [0.4, 0.5) is 10.3 Å². The second-order valence-electron chi connectivity index (χ2n) is 9.20. The SMILES string of the molecule is COc1ccc(CC(=O)Nc2nnc(C3CCC(c4nnc(NC(=O)CC5=NCC(OC)C=C5)s4)C3)s2)nc1. The molecule has 5 rings (SSSR count). The fourth-order valence-corrected chi connectivity index (χ4v) is 6.24. The summed E-state index contributed by atoms with van der Waals surface area (Å²) in [7, 11) is 3.20. The second-order valence-corrected chi connectivity index (χ2v) is 11.2. The lowest BCUT2D eigenvalue weighted by molar-refractivity contribution is -0.116. The van der Waals surface area contributed by atoms with Gasteiger partial charge in [-0.15, -0.1) is 20.4 Å². The zero-order valence-corrected chi connectivity index (χ0v) is 23.1. The lowest BCUT2D eigenvalue weighted by atomic mass is 10.1. The van der Waals surface area contributed by atoms with E-state index >= 15 is 0 Å². The quantitative estimate of drug-likeness (QED) is 0.375. The average Bonchev–Trinajstić information content (AvgIpc) is 3.71. The van der Waals surface area contributed by atoms with E-state index in [2.05, 4.69) is 41.0 Å². The summed E-state index contributed by atoms with van der Waals surface area (Å²) in [5.74, 6) is 0.732. The van der Waals surface area contributed by atoms with Crippen LogP contribution in [0.5, 0.6) is 5.75 Å². The van der Waals surface area contributed by atoms with Crippen LogP contribution in [0.1, 0.15) is 53.2 Å². The third-order valence-corrected chi connectivity index (χ3v) is 8.50. The van der Waals surface area contributed by atoms with Crippen molar-refractivity contribution < 1.29 is 19.1 Å². The predicted octanol–water partition coefficient (Wildman–Crippen LogP) is 3.38. The molecule has 39 heavy (non-hydrogen) atoms. The summed E-state index contributed by atoms with van der Waals surface area (Å²) in [6, 6.07) is 3.53. The third-order valence-electron chi connectivity index (χ3n) is 6.50. The van der Waals surface area contributed by atoms with Crippen LogP contribution in [-0.4, -0.2) is 69.8 Å². The van der Waals surface area contributed by atoms with Crippen molar-refractivity contribution in [2.75, 3.05) is 31.4 Å². The van der Waals surface area contributed by atoms with Gasteiger partial charge in [0.05, 0.1) is 38.8 Å². The second kappa shape index (κ2) is 12.5. The Morgan fingerprint density at radius 1 is 0.949 bits per heavy atom. The van der Waals surface area contributed by atoms with Gasteiger partial charge in [0, 0.05) is 30.4 Å². The number of methoxy groups -OCH3 is 2. The van der Waals surface area contributed by atoms with Gasteiger partial charge in [0.15, 0.2) is 0 Å². The number of pyridine rings is 1. The molecule has 0 saturated heterocycles. The largest absolute Gasteiger partial charge is 0.495 e. The van der Waals surface area contributed by atoms with Crippen LogP contribution < -0.4 is 15.4 Å². The summed E-state index contributed by atoms with van der Waals surface area (Å²) in [5.41, 5.74) is 1.36. The van der Waals surface area contributed by atoms with Gasteiger partial charge in [-0.1, -0.05) is 28.7 Å². The van der Waals surface area contributed by atoms with E-state index in [0.29, 0.717) is 34.0 Å². The molecular weight excluding hydrogens is 540 g/mol. The summed E-state index contributed by atoms with van der Waals surface area (Å²) in [5, 5.41) is 25.4. The van der Waals surface area contributed by atoms with Crippen molar-refractivity contribution in [1.29, 1.82) is 0 Å². The van der Waals surface area contributed by atoms with Gasteiger partial charge in [-0.3, -0.25) is 19.6 Å². The van der Waals surface area contributed by atoms with Crippen molar-refractivity contribution in [3.63, 3.8) is 0 Å². The highest BCUT2D eigenvalue weighted by Gasteiger charge is 2.32. The van der Waals surface area contributed by atoms with Crippen LogP contribution in [0.2, 0.25) is 0 Å². The molecule has 1 aliphatic carbocycles. The van der Waals surface area contributed by atoms with Crippen molar-refractivity contribution in [3.05, 3.63) is 46.2 Å². The monoisotopic (exact) mass is 568 g/mol. The van der Waals surface area contributed by atoms with Gasteiger partial charge in [-0.2, -0.15) is 0 Å². The smallest absolute Gasteiger partial charge is 0.232 e. The molecule has 1 saturated carbocycles. The number of anilines is 2. The van der Waals surface area contributed by atoms with Crippen molar-refractivity contribution in [1.82, 2.24) is 25.4 Å². The van der Waals surface area contributed by atoms with E-state index < -0.39 is 0 Å². The molecule has 3 unspecified atom stereocenters. The molecule has 0 spiro atoms. The van der Waals surface area contributed by atoms with Crippen LogP contribution in [-0.2, 0) is 20.7 Å². The number of hydrogen-bond acceptors (Lipinski definition) is 12. The molecule has 1 fully saturated rings. The maximum atomic E-state index is 12.4. The maximum Gasteiger partial charge on any atom is 0.232 e. The number of carbonyl (C=O) groups is 2. The normalized spacial score (nSPS) is 20.5. The van der Waals surface area contributed by atoms with Gasteiger partial charge >= 0.3 is 0 Å². The summed E-state index contributed by atoms with van der Waals surface area (Å²) >= 11 is 2.80. The van der Waals surface area contributed by atoms with Gasteiger partial charge in [0.25, 0.3) is 0 Å². The summed E-state index contributed by atoms with van der Waals surface area (Å²) < 4.78 is 10.3. The van der Waals surface area contributed by atoms with E-state index in [4.69, 9.17) is 9.47 Å². The van der Waals surface area contributed by atoms with E-state index in [0.717, 1.165) is 29.3 Å². The summed E-state index contributed by atoms with van der Waals surface area (Å²) in [4.78, 5) is 33.5. The number of rotatable bonds is 10. The molecule has 0 bridgehead atoms. The molecule has 12 nitrogen and oxygen atoms in total. The number of ether oxygens (including phenoxy) is 2. The molecule has 3 atom stereocenters. The van der Waals surface area contributed by atoms with E-state index in [1.54, 1.807) is 32.5 Å². The molecule has 204 valence electrons. The molecule has 4 heterocycles. The average molecular weight is 569 g/mol. The minimum atomic E-state index is -0.200. The molecule has 3 aromatic heterocycles. The molecule has 14 heteroatoms. The molecule has 2 aliphatic rings. The Morgan fingerprint density at radius 2 is 1.62 bits per heavy atom. The first kappa shape index (κ1) is 27.0. The van der Waals surface area contributed by atoms with E-state index in [-0.39, 0.29) is 42.6 Å². The number of carbonyl (C=O) groups excluding carboxylic acids is 2. The zero-order chi connectivity index (χ0) is 27.2. The van der Waals surface area contributed by atoms with E-state index in [1.165, 1.54) is 22.7 Å². The number of hydrogen-bond donors (Lipinski definition) is 2. The Bertz CT molecular complexity index is 1370. The number of allylic oxidation sites excluding steroid dienone is 1. The van der Waals surface area contributed by atoms with Gasteiger partial charge in [-0.25, -0.2) is 0 Å². The Morgan fingerprint density at radius 3 is 2.15 bits per heavy atom. The van der Waals surface area contributed by atoms with Crippen LogP contribution in [0.3, 0.4) is 0 Å². The first-order valence-electron chi connectivity index (χ1n) is 12.5. The van der Waals surface area contributed by atoms with Gasteiger partial charge in [0.2, 0.25) is 22.1 Å².